The number of hydrogen-bond acceptors (Lipinski definition) is 5. The summed E-state index contributed by atoms with van der Waals surface area (Å²) in [6, 6.07) is 16.4. The number of nitrogens with two attached hydrogens (primary N) is 1. The Kier molecular flexibility index (Phi) is 3.52. The molecule has 0 saturated heterocycles. The number of aryl methyl sites for hydroxylation is 1. The van der Waals surface area contributed by atoms with Gasteiger partial charge < -0.3 is 10.2 Å². The molecule has 0 spiro atoms. The molecule has 126 valence electrons. The standard InChI is InChI=1S/C19H13N5O2/c1-24-16(18(21)25)9-15(23-24)11-5-7-12(8-6-11)19-22-14-4-2-3-13(10-20)17(14)26-19/h2-9H,1H3,(H2,21,25). The van der Waals surface area contributed by atoms with E-state index in [9.17, 15) is 4.79 Å². The maximum atomic E-state index is 11.4. The van der Waals surface area contributed by atoms with Crippen molar-refractivity contribution in [2.45, 2.75) is 0 Å². The quantitative estimate of drug-likeness (QED) is 0.615. The molecule has 0 aliphatic rings. The molecule has 0 radical (unpaired) electrons. The first-order chi connectivity index (χ1) is 12.6. The molecule has 2 aromatic heterocycles. The highest BCUT2D eigenvalue weighted by atomic mass is 16.3. The molecule has 0 fully saturated rings. The van der Waals surface area contributed by atoms with Crippen molar-refractivity contribution in [1.82, 2.24) is 14.8 Å². The lowest BCUT2D eigenvalue weighted by Crippen LogP contribution is -2.15. The van der Waals surface area contributed by atoms with Gasteiger partial charge in [0.25, 0.3) is 5.91 Å². The number of primary amides is 1. The first-order valence-corrected chi connectivity index (χ1v) is 7.81. The van der Waals surface area contributed by atoms with Gasteiger partial charge in [0.1, 0.15) is 17.3 Å². The van der Waals surface area contributed by atoms with E-state index in [1.165, 1.54) is 4.68 Å². The Morgan fingerprint density at radius 1 is 1.19 bits per heavy atom. The fourth-order valence-electron chi connectivity index (χ4n) is 2.78. The molecule has 4 aromatic rings. The van der Waals surface area contributed by atoms with Crippen molar-refractivity contribution >= 4 is 17.0 Å². The lowest BCUT2D eigenvalue weighted by Gasteiger charge is -1.98. The minimum absolute atomic E-state index is 0.340. The molecular weight excluding hydrogens is 330 g/mol. The second-order valence-corrected chi connectivity index (χ2v) is 5.76. The minimum Gasteiger partial charge on any atom is -0.435 e. The topological polar surface area (TPSA) is 111 Å². The number of nitrogens with zero attached hydrogens (tertiary/aromatic N) is 4. The predicted molar refractivity (Wildman–Crippen MR) is 94.9 cm³/mol. The van der Waals surface area contributed by atoms with Crippen LogP contribution < -0.4 is 5.73 Å². The third-order valence-electron chi connectivity index (χ3n) is 4.10. The van der Waals surface area contributed by atoms with E-state index in [4.69, 9.17) is 15.4 Å². The Labute approximate surface area is 148 Å². The van der Waals surface area contributed by atoms with E-state index in [0.717, 1.165) is 11.1 Å². The summed E-state index contributed by atoms with van der Waals surface area (Å²) < 4.78 is 7.22. The zero-order valence-corrected chi connectivity index (χ0v) is 13.8. The molecule has 0 aliphatic carbocycles. The Hall–Kier alpha value is -3.92. The number of aromatic nitrogens is 3. The molecule has 4 rings (SSSR count). The minimum atomic E-state index is -0.525. The molecule has 0 bridgehead atoms. The molecule has 26 heavy (non-hydrogen) atoms. The Bertz CT molecular complexity index is 1180. The van der Waals surface area contributed by atoms with Crippen LogP contribution in [0.5, 0.6) is 0 Å². The highest BCUT2D eigenvalue weighted by Crippen LogP contribution is 2.28. The maximum absolute atomic E-state index is 11.4. The van der Waals surface area contributed by atoms with Crippen LogP contribution in [-0.4, -0.2) is 20.7 Å². The number of carbonyl (C=O) groups excluding carboxylic acids is 1. The van der Waals surface area contributed by atoms with E-state index < -0.39 is 5.91 Å². The largest absolute Gasteiger partial charge is 0.435 e. The van der Waals surface area contributed by atoms with Gasteiger partial charge in [-0.25, -0.2) is 4.98 Å². The molecule has 2 N–H and O–H groups in total. The van der Waals surface area contributed by atoms with Crippen LogP contribution in [0.15, 0.2) is 52.9 Å². The van der Waals surface area contributed by atoms with E-state index in [-0.39, 0.29) is 0 Å². The lowest BCUT2D eigenvalue weighted by atomic mass is 10.1. The van der Waals surface area contributed by atoms with E-state index in [1.54, 1.807) is 31.3 Å². The molecule has 0 atom stereocenters. The molecule has 0 saturated carbocycles. The van der Waals surface area contributed by atoms with E-state index >= 15 is 0 Å². The van der Waals surface area contributed by atoms with Crippen LogP contribution in [0.25, 0.3) is 33.8 Å². The fourth-order valence-corrected chi connectivity index (χ4v) is 2.78. The van der Waals surface area contributed by atoms with Crippen molar-refractivity contribution in [2.24, 2.45) is 12.8 Å². The molecule has 1 amide bonds. The van der Waals surface area contributed by atoms with Gasteiger partial charge in [-0.1, -0.05) is 18.2 Å². The highest BCUT2D eigenvalue weighted by molar-refractivity contribution is 5.92. The van der Waals surface area contributed by atoms with Crippen molar-refractivity contribution in [2.75, 3.05) is 0 Å². The van der Waals surface area contributed by atoms with Gasteiger partial charge in [-0.05, 0) is 30.3 Å². The Balaban J connectivity index is 1.71. The van der Waals surface area contributed by atoms with Crippen LogP contribution in [0, 0.1) is 11.3 Å². The summed E-state index contributed by atoms with van der Waals surface area (Å²) in [7, 11) is 1.67. The summed E-state index contributed by atoms with van der Waals surface area (Å²) in [5, 5.41) is 13.5. The number of rotatable bonds is 3. The van der Waals surface area contributed by atoms with Gasteiger partial charge in [0.05, 0.1) is 11.3 Å². The van der Waals surface area contributed by atoms with Gasteiger partial charge in [0, 0.05) is 18.2 Å². The average molecular weight is 343 g/mol. The summed E-state index contributed by atoms with van der Waals surface area (Å²) >= 11 is 0. The van der Waals surface area contributed by atoms with E-state index in [1.807, 2.05) is 24.3 Å². The van der Waals surface area contributed by atoms with Crippen LogP contribution >= 0.6 is 0 Å². The van der Waals surface area contributed by atoms with Gasteiger partial charge in [-0.2, -0.15) is 10.4 Å². The summed E-state index contributed by atoms with van der Waals surface area (Å²) in [5.41, 5.74) is 9.49. The predicted octanol–water partition coefficient (Wildman–Crippen LogP) is 2.87. The molecular formula is C19H13N5O2. The first kappa shape index (κ1) is 15.6. The van der Waals surface area contributed by atoms with Crippen molar-refractivity contribution in [1.29, 1.82) is 5.26 Å². The number of benzene rings is 2. The summed E-state index contributed by atoms with van der Waals surface area (Å²) in [6.45, 7) is 0. The number of fused-ring (bicyclic) bond motifs is 1. The number of nitriles is 1. The normalized spacial score (nSPS) is 10.8. The maximum Gasteiger partial charge on any atom is 0.266 e. The molecule has 0 unspecified atom stereocenters. The smallest absolute Gasteiger partial charge is 0.266 e. The second-order valence-electron chi connectivity index (χ2n) is 5.76. The van der Waals surface area contributed by atoms with Crippen LogP contribution in [0.2, 0.25) is 0 Å². The van der Waals surface area contributed by atoms with Crippen LogP contribution in [0.4, 0.5) is 0 Å². The summed E-state index contributed by atoms with van der Waals surface area (Å²) in [5.74, 6) is -0.0873. The molecule has 2 heterocycles. The summed E-state index contributed by atoms with van der Waals surface area (Å²) in [4.78, 5) is 15.8. The Morgan fingerprint density at radius 2 is 1.92 bits per heavy atom. The van der Waals surface area contributed by atoms with Crippen molar-refractivity contribution in [3.8, 4) is 28.8 Å². The molecule has 0 aliphatic heterocycles. The number of amides is 1. The number of oxazole rings is 1. The first-order valence-electron chi connectivity index (χ1n) is 7.81. The average Bonchev–Trinajstić information content (AvgIpc) is 3.25. The lowest BCUT2D eigenvalue weighted by molar-refractivity contribution is 0.0991. The molecule has 2 aromatic carbocycles. The third kappa shape index (κ3) is 2.50. The van der Waals surface area contributed by atoms with E-state index in [0.29, 0.717) is 33.9 Å². The monoisotopic (exact) mass is 343 g/mol. The fraction of sp³-hybridized carbons (Fsp3) is 0.0526. The van der Waals surface area contributed by atoms with E-state index in [2.05, 4.69) is 16.2 Å². The number of carbonyl (C=O) groups is 1. The summed E-state index contributed by atoms with van der Waals surface area (Å²) in [6.07, 6.45) is 0. The van der Waals surface area contributed by atoms with Crippen LogP contribution in [0.3, 0.4) is 0 Å². The highest BCUT2D eigenvalue weighted by Gasteiger charge is 2.14. The van der Waals surface area contributed by atoms with Gasteiger partial charge in [0.2, 0.25) is 5.89 Å². The second kappa shape index (κ2) is 5.86. The van der Waals surface area contributed by atoms with Gasteiger partial charge in [-0.15, -0.1) is 0 Å². The van der Waals surface area contributed by atoms with Crippen molar-refractivity contribution in [3.63, 3.8) is 0 Å². The number of para-hydroxylation sites is 1. The molecule has 7 heteroatoms. The Morgan fingerprint density at radius 3 is 2.58 bits per heavy atom. The molecule has 7 nitrogen and oxygen atoms in total. The van der Waals surface area contributed by atoms with Gasteiger partial charge >= 0.3 is 0 Å². The SMILES string of the molecule is Cn1nc(-c2ccc(-c3nc4cccc(C#N)c4o3)cc2)cc1C(N)=O. The van der Waals surface area contributed by atoms with Gasteiger partial charge in [0.15, 0.2) is 5.58 Å². The number of hydrogen-bond donors (Lipinski definition) is 1. The van der Waals surface area contributed by atoms with Crippen LogP contribution in [-0.2, 0) is 7.05 Å². The third-order valence-corrected chi connectivity index (χ3v) is 4.10. The van der Waals surface area contributed by atoms with Gasteiger partial charge in [-0.3, -0.25) is 9.48 Å². The zero-order valence-electron chi connectivity index (χ0n) is 13.8. The van der Waals surface area contributed by atoms with Crippen molar-refractivity contribution < 1.29 is 9.21 Å². The van der Waals surface area contributed by atoms with Crippen molar-refractivity contribution in [3.05, 3.63) is 59.8 Å². The van der Waals surface area contributed by atoms with Crippen LogP contribution in [0.1, 0.15) is 16.1 Å². The zero-order chi connectivity index (χ0) is 18.3.